The first kappa shape index (κ1) is 26.0. The van der Waals surface area contributed by atoms with Crippen molar-refractivity contribution in [2.75, 3.05) is 18.8 Å². The number of carbonyl (C=O) groups excluding carboxylic acids is 1. The molecule has 3 aromatic rings. The Morgan fingerprint density at radius 3 is 2.44 bits per heavy atom. The third-order valence-corrected chi connectivity index (χ3v) is 7.02. The van der Waals surface area contributed by atoms with Crippen molar-refractivity contribution in [1.82, 2.24) is 19.8 Å². The summed E-state index contributed by atoms with van der Waals surface area (Å²) in [4.78, 5) is 32.9. The molecule has 0 aliphatic rings. The van der Waals surface area contributed by atoms with E-state index in [1.165, 1.54) is 22.9 Å². The summed E-state index contributed by atoms with van der Waals surface area (Å²) in [7, 11) is 0. The second-order valence-electron chi connectivity index (χ2n) is 9.11. The van der Waals surface area contributed by atoms with Crippen LogP contribution in [0.4, 0.5) is 0 Å². The van der Waals surface area contributed by atoms with Gasteiger partial charge in [-0.3, -0.25) is 19.1 Å². The van der Waals surface area contributed by atoms with Gasteiger partial charge >= 0.3 is 0 Å². The lowest BCUT2D eigenvalue weighted by molar-refractivity contribution is -0.118. The lowest BCUT2D eigenvalue weighted by Crippen LogP contribution is -2.40. The van der Waals surface area contributed by atoms with Crippen LogP contribution >= 0.6 is 11.8 Å². The largest absolute Gasteiger partial charge is 0.355 e. The van der Waals surface area contributed by atoms with Crippen LogP contribution in [0.25, 0.3) is 10.9 Å². The topological polar surface area (TPSA) is 67.2 Å². The van der Waals surface area contributed by atoms with Crippen molar-refractivity contribution in [2.45, 2.75) is 64.8 Å². The van der Waals surface area contributed by atoms with Gasteiger partial charge in [0, 0.05) is 31.7 Å². The number of hydrogen-bond donors (Lipinski definition) is 1. The summed E-state index contributed by atoms with van der Waals surface area (Å²) in [6.45, 7) is 12.6. The number of nitrogens with zero attached hydrogens (tertiary/aromatic N) is 3. The Morgan fingerprint density at radius 2 is 1.74 bits per heavy atom. The minimum absolute atomic E-state index is 0.0551. The highest BCUT2D eigenvalue weighted by Crippen LogP contribution is 2.18. The van der Waals surface area contributed by atoms with Crippen molar-refractivity contribution in [3.63, 3.8) is 0 Å². The fourth-order valence-electron chi connectivity index (χ4n) is 4.19. The minimum atomic E-state index is -0.0569. The smallest absolute Gasteiger partial charge is 0.262 e. The Hall–Kier alpha value is -2.64. The molecular formula is C27H36N4O2S. The molecule has 0 spiro atoms. The van der Waals surface area contributed by atoms with Crippen LogP contribution in [-0.2, 0) is 17.8 Å². The maximum Gasteiger partial charge on any atom is 0.262 e. The molecule has 0 bridgehead atoms. The number of aromatic nitrogens is 2. The van der Waals surface area contributed by atoms with Gasteiger partial charge in [-0.1, -0.05) is 48.2 Å². The Balaban J connectivity index is 1.71. The van der Waals surface area contributed by atoms with Crippen LogP contribution in [0.15, 0.2) is 58.5 Å². The predicted octanol–water partition coefficient (Wildman–Crippen LogP) is 4.27. The van der Waals surface area contributed by atoms with Crippen LogP contribution < -0.4 is 10.9 Å². The standard InChI is InChI=1S/C27H36N4O2S/c1-19(2)30(20(3)4)16-17-31-26(33)23-12-8-9-13-24(23)29-27(31)34-18-25(32)28-15-14-22-11-7-6-10-21(22)5/h6-13,19-20H,14-18H2,1-5H3,(H,28,32). The highest BCUT2D eigenvalue weighted by atomic mass is 32.2. The van der Waals surface area contributed by atoms with Crippen molar-refractivity contribution in [3.8, 4) is 0 Å². The van der Waals surface area contributed by atoms with E-state index in [0.717, 1.165) is 13.0 Å². The molecule has 1 aromatic heterocycles. The van der Waals surface area contributed by atoms with E-state index in [1.54, 1.807) is 4.57 Å². The fraction of sp³-hybridized carbons (Fsp3) is 0.444. The number of nitrogens with one attached hydrogen (secondary N) is 1. The van der Waals surface area contributed by atoms with Crippen LogP contribution in [0.3, 0.4) is 0 Å². The number of fused-ring (bicyclic) bond motifs is 1. The zero-order chi connectivity index (χ0) is 24.7. The average molecular weight is 481 g/mol. The van der Waals surface area contributed by atoms with Crippen LogP contribution in [0, 0.1) is 6.92 Å². The second-order valence-corrected chi connectivity index (χ2v) is 10.1. The molecule has 7 heteroatoms. The van der Waals surface area contributed by atoms with E-state index >= 15 is 0 Å². The Bertz CT molecular complexity index is 1160. The van der Waals surface area contributed by atoms with Gasteiger partial charge in [0.25, 0.3) is 5.56 Å². The van der Waals surface area contributed by atoms with Gasteiger partial charge in [-0.05, 0) is 64.3 Å². The van der Waals surface area contributed by atoms with E-state index in [0.29, 0.717) is 41.2 Å². The number of benzene rings is 2. The van der Waals surface area contributed by atoms with Crippen molar-refractivity contribution in [3.05, 3.63) is 70.0 Å². The van der Waals surface area contributed by atoms with Crippen LogP contribution in [0.1, 0.15) is 38.8 Å². The molecule has 2 aromatic carbocycles. The molecule has 0 saturated carbocycles. The van der Waals surface area contributed by atoms with Crippen LogP contribution in [0.5, 0.6) is 0 Å². The molecule has 34 heavy (non-hydrogen) atoms. The normalized spacial score (nSPS) is 11.6. The van der Waals surface area contributed by atoms with Gasteiger partial charge < -0.3 is 5.32 Å². The van der Waals surface area contributed by atoms with E-state index < -0.39 is 0 Å². The van der Waals surface area contributed by atoms with Gasteiger partial charge in [0.15, 0.2) is 5.16 Å². The fourth-order valence-corrected chi connectivity index (χ4v) is 5.05. The number of aryl methyl sites for hydroxylation is 1. The number of para-hydroxylation sites is 1. The molecule has 6 nitrogen and oxygen atoms in total. The van der Waals surface area contributed by atoms with E-state index in [1.807, 2.05) is 36.4 Å². The molecule has 0 fully saturated rings. The van der Waals surface area contributed by atoms with Crippen LogP contribution in [-0.4, -0.2) is 51.3 Å². The van der Waals surface area contributed by atoms with Gasteiger partial charge in [-0.15, -0.1) is 0 Å². The SMILES string of the molecule is Cc1ccccc1CCNC(=O)CSc1nc2ccccc2c(=O)n1CCN(C(C)C)C(C)C. The summed E-state index contributed by atoms with van der Waals surface area (Å²) in [5, 5.41) is 4.19. The van der Waals surface area contributed by atoms with Crippen molar-refractivity contribution in [2.24, 2.45) is 0 Å². The lowest BCUT2D eigenvalue weighted by atomic mass is 10.1. The van der Waals surface area contributed by atoms with E-state index in [9.17, 15) is 9.59 Å². The van der Waals surface area contributed by atoms with Gasteiger partial charge in [0.05, 0.1) is 16.7 Å². The van der Waals surface area contributed by atoms with E-state index in [4.69, 9.17) is 4.98 Å². The maximum absolute atomic E-state index is 13.3. The monoisotopic (exact) mass is 480 g/mol. The zero-order valence-electron chi connectivity index (χ0n) is 20.9. The van der Waals surface area contributed by atoms with Gasteiger partial charge in [-0.25, -0.2) is 4.98 Å². The molecule has 0 aliphatic heterocycles. The molecule has 1 N–H and O–H groups in total. The summed E-state index contributed by atoms with van der Waals surface area (Å²) >= 11 is 1.32. The number of thioether (sulfide) groups is 1. The highest BCUT2D eigenvalue weighted by molar-refractivity contribution is 7.99. The summed E-state index contributed by atoms with van der Waals surface area (Å²) in [5.41, 5.74) is 3.07. The van der Waals surface area contributed by atoms with E-state index in [2.05, 4.69) is 57.0 Å². The maximum atomic E-state index is 13.3. The number of hydrogen-bond acceptors (Lipinski definition) is 5. The molecule has 1 amide bonds. The van der Waals surface area contributed by atoms with Gasteiger partial charge in [-0.2, -0.15) is 0 Å². The first-order valence-corrected chi connectivity index (χ1v) is 13.0. The molecule has 0 atom stereocenters. The quantitative estimate of drug-likeness (QED) is 0.328. The Kier molecular flexibility index (Phi) is 9.30. The summed E-state index contributed by atoms with van der Waals surface area (Å²) in [6, 6.07) is 16.4. The molecule has 3 rings (SSSR count). The molecular weight excluding hydrogens is 444 g/mol. The number of rotatable bonds is 11. The highest BCUT2D eigenvalue weighted by Gasteiger charge is 2.17. The third-order valence-electron chi connectivity index (χ3n) is 6.05. The van der Waals surface area contributed by atoms with Crippen molar-refractivity contribution >= 4 is 28.6 Å². The molecule has 0 radical (unpaired) electrons. The summed E-state index contributed by atoms with van der Waals surface area (Å²) in [5.74, 6) is 0.162. The molecule has 1 heterocycles. The molecule has 0 aliphatic carbocycles. The number of amides is 1. The molecule has 0 unspecified atom stereocenters. The van der Waals surface area contributed by atoms with Gasteiger partial charge in [0.2, 0.25) is 5.91 Å². The zero-order valence-corrected chi connectivity index (χ0v) is 21.7. The third kappa shape index (κ3) is 6.70. The first-order chi connectivity index (χ1) is 16.3. The summed E-state index contributed by atoms with van der Waals surface area (Å²) < 4.78 is 1.73. The van der Waals surface area contributed by atoms with Crippen LogP contribution in [0.2, 0.25) is 0 Å². The Labute approximate surface area is 206 Å². The predicted molar refractivity (Wildman–Crippen MR) is 142 cm³/mol. The Morgan fingerprint density at radius 1 is 1.06 bits per heavy atom. The molecule has 0 saturated heterocycles. The second kappa shape index (κ2) is 12.2. The average Bonchev–Trinajstić information content (AvgIpc) is 2.80. The molecule has 182 valence electrons. The van der Waals surface area contributed by atoms with Gasteiger partial charge in [0.1, 0.15) is 0 Å². The van der Waals surface area contributed by atoms with Crippen molar-refractivity contribution in [1.29, 1.82) is 0 Å². The first-order valence-electron chi connectivity index (χ1n) is 12.0. The number of carbonyl (C=O) groups is 1. The minimum Gasteiger partial charge on any atom is -0.355 e. The van der Waals surface area contributed by atoms with E-state index in [-0.39, 0.29) is 17.2 Å². The van der Waals surface area contributed by atoms with Crippen molar-refractivity contribution < 1.29 is 4.79 Å². The summed E-state index contributed by atoms with van der Waals surface area (Å²) in [6.07, 6.45) is 0.794. The lowest BCUT2D eigenvalue weighted by Gasteiger charge is -2.30.